The average Bonchev–Trinajstić information content (AvgIpc) is 2.34. The summed E-state index contributed by atoms with van der Waals surface area (Å²) in [5, 5.41) is 3.78. The predicted molar refractivity (Wildman–Crippen MR) is 87.1 cm³/mol. The Hall–Kier alpha value is -0.120. The van der Waals surface area contributed by atoms with Crippen molar-refractivity contribution in [1.29, 1.82) is 0 Å². The largest absolute Gasteiger partial charge is 0.377 e. The Bertz CT molecular complexity index is 257. The minimum Gasteiger partial charge on any atom is -0.377 e. The van der Waals surface area contributed by atoms with Crippen LogP contribution in [-0.4, -0.2) is 49.8 Å². The number of ether oxygens (including phenoxy) is 1. The molecule has 1 saturated carbocycles. The van der Waals surface area contributed by atoms with Gasteiger partial charge in [0.05, 0.1) is 12.7 Å². The van der Waals surface area contributed by atoms with Crippen LogP contribution in [0.2, 0.25) is 0 Å². The number of hydrogen-bond acceptors (Lipinski definition) is 3. The quantitative estimate of drug-likeness (QED) is 0.741. The van der Waals surface area contributed by atoms with Gasteiger partial charge in [-0.05, 0) is 58.5 Å². The van der Waals surface area contributed by atoms with Gasteiger partial charge in [0.2, 0.25) is 0 Å². The van der Waals surface area contributed by atoms with E-state index in [1.165, 1.54) is 19.3 Å². The molecule has 0 aliphatic heterocycles. The molecule has 1 aliphatic rings. The Morgan fingerprint density at radius 2 is 1.95 bits per heavy atom. The Morgan fingerprint density at radius 1 is 1.25 bits per heavy atom. The van der Waals surface area contributed by atoms with Crippen LogP contribution in [-0.2, 0) is 4.74 Å². The number of nitrogens with zero attached hydrogens (tertiary/aromatic N) is 1. The SMILES string of the molecule is CCCNC1CC(C)CC(C)C1N(C)CCOC(C)C. The summed E-state index contributed by atoms with van der Waals surface area (Å²) in [7, 11) is 2.27. The molecule has 0 spiro atoms. The summed E-state index contributed by atoms with van der Waals surface area (Å²) in [6.45, 7) is 14.3. The van der Waals surface area contributed by atoms with Crippen molar-refractivity contribution < 1.29 is 4.74 Å². The first-order chi connectivity index (χ1) is 9.45. The molecule has 0 bridgehead atoms. The lowest BCUT2D eigenvalue weighted by Gasteiger charge is -2.45. The molecule has 20 heavy (non-hydrogen) atoms. The number of likely N-dealkylation sites (N-methyl/N-ethyl adjacent to an activating group) is 1. The molecule has 120 valence electrons. The van der Waals surface area contributed by atoms with E-state index in [1.807, 2.05) is 0 Å². The second-order valence-corrected chi connectivity index (χ2v) is 7.01. The maximum Gasteiger partial charge on any atom is 0.0596 e. The predicted octanol–water partition coefficient (Wildman–Crippen LogP) is 3.15. The average molecular weight is 284 g/mol. The zero-order chi connectivity index (χ0) is 15.1. The van der Waals surface area contributed by atoms with Crippen LogP contribution in [0.1, 0.15) is 53.9 Å². The van der Waals surface area contributed by atoms with Crippen molar-refractivity contribution in [2.24, 2.45) is 11.8 Å². The lowest BCUT2D eigenvalue weighted by atomic mass is 9.76. The number of nitrogens with one attached hydrogen (secondary N) is 1. The highest BCUT2D eigenvalue weighted by Crippen LogP contribution is 2.31. The van der Waals surface area contributed by atoms with Gasteiger partial charge in [0.25, 0.3) is 0 Å². The van der Waals surface area contributed by atoms with Gasteiger partial charge in [-0.25, -0.2) is 0 Å². The maximum absolute atomic E-state index is 5.71. The minimum atomic E-state index is 0.334. The van der Waals surface area contributed by atoms with Gasteiger partial charge in [-0.15, -0.1) is 0 Å². The minimum absolute atomic E-state index is 0.334. The van der Waals surface area contributed by atoms with E-state index in [0.29, 0.717) is 18.2 Å². The number of hydrogen-bond donors (Lipinski definition) is 1. The molecular weight excluding hydrogens is 248 g/mol. The Kier molecular flexibility index (Phi) is 8.08. The van der Waals surface area contributed by atoms with Crippen molar-refractivity contribution in [2.45, 2.75) is 72.1 Å². The van der Waals surface area contributed by atoms with Gasteiger partial charge in [-0.3, -0.25) is 4.90 Å². The third-order valence-electron chi connectivity index (χ3n) is 4.49. The first-order valence-corrected chi connectivity index (χ1v) is 8.50. The molecule has 0 heterocycles. The standard InChI is InChI=1S/C17H36N2O/c1-7-8-18-16-12-14(4)11-15(5)17(16)19(6)9-10-20-13(2)3/h13-18H,7-12H2,1-6H3. The molecule has 1 fully saturated rings. The molecule has 0 aromatic rings. The molecule has 1 aliphatic carbocycles. The van der Waals surface area contributed by atoms with E-state index >= 15 is 0 Å². The summed E-state index contributed by atoms with van der Waals surface area (Å²) in [6.07, 6.45) is 4.21. The van der Waals surface area contributed by atoms with E-state index in [2.05, 4.69) is 51.9 Å². The molecule has 0 radical (unpaired) electrons. The number of rotatable bonds is 8. The third kappa shape index (κ3) is 5.71. The summed E-state index contributed by atoms with van der Waals surface area (Å²) in [6, 6.07) is 1.28. The van der Waals surface area contributed by atoms with E-state index in [4.69, 9.17) is 4.74 Å². The summed E-state index contributed by atoms with van der Waals surface area (Å²) < 4.78 is 5.71. The van der Waals surface area contributed by atoms with Crippen molar-refractivity contribution in [3.05, 3.63) is 0 Å². The van der Waals surface area contributed by atoms with Gasteiger partial charge in [-0.2, -0.15) is 0 Å². The lowest BCUT2D eigenvalue weighted by molar-refractivity contribution is 0.0279. The van der Waals surface area contributed by atoms with Crippen molar-refractivity contribution >= 4 is 0 Å². The third-order valence-corrected chi connectivity index (χ3v) is 4.49. The highest BCUT2D eigenvalue weighted by Gasteiger charge is 2.35. The summed E-state index contributed by atoms with van der Waals surface area (Å²) in [5.74, 6) is 1.60. The zero-order valence-electron chi connectivity index (χ0n) is 14.5. The van der Waals surface area contributed by atoms with Crippen LogP contribution >= 0.6 is 0 Å². The molecule has 0 aromatic carbocycles. The first kappa shape index (κ1) is 17.9. The van der Waals surface area contributed by atoms with Crippen LogP contribution < -0.4 is 5.32 Å². The van der Waals surface area contributed by atoms with Crippen LogP contribution in [0.3, 0.4) is 0 Å². The van der Waals surface area contributed by atoms with E-state index in [-0.39, 0.29) is 0 Å². The lowest BCUT2D eigenvalue weighted by Crippen LogP contribution is -2.56. The summed E-state index contributed by atoms with van der Waals surface area (Å²) >= 11 is 0. The van der Waals surface area contributed by atoms with Gasteiger partial charge < -0.3 is 10.1 Å². The molecule has 4 atom stereocenters. The fourth-order valence-corrected chi connectivity index (χ4v) is 3.70. The molecule has 3 heteroatoms. The zero-order valence-corrected chi connectivity index (χ0v) is 14.5. The fourth-order valence-electron chi connectivity index (χ4n) is 3.70. The monoisotopic (exact) mass is 284 g/mol. The molecule has 0 saturated heterocycles. The maximum atomic E-state index is 5.71. The van der Waals surface area contributed by atoms with Crippen molar-refractivity contribution in [3.63, 3.8) is 0 Å². The Morgan fingerprint density at radius 3 is 2.55 bits per heavy atom. The van der Waals surface area contributed by atoms with Gasteiger partial charge in [0.1, 0.15) is 0 Å². The molecule has 3 nitrogen and oxygen atoms in total. The van der Waals surface area contributed by atoms with E-state index < -0.39 is 0 Å². The normalized spacial score (nSPS) is 31.2. The van der Waals surface area contributed by atoms with Gasteiger partial charge in [0.15, 0.2) is 0 Å². The van der Waals surface area contributed by atoms with E-state index in [0.717, 1.165) is 31.5 Å². The first-order valence-electron chi connectivity index (χ1n) is 8.50. The van der Waals surface area contributed by atoms with Crippen LogP contribution in [0.25, 0.3) is 0 Å². The van der Waals surface area contributed by atoms with Crippen LogP contribution in [0.15, 0.2) is 0 Å². The Balaban J connectivity index is 2.55. The molecule has 1 rings (SSSR count). The summed E-state index contributed by atoms with van der Waals surface area (Å²) in [4.78, 5) is 2.52. The topological polar surface area (TPSA) is 24.5 Å². The van der Waals surface area contributed by atoms with Crippen molar-refractivity contribution in [2.75, 3.05) is 26.7 Å². The van der Waals surface area contributed by atoms with Gasteiger partial charge in [-0.1, -0.05) is 20.8 Å². The Labute approximate surface area is 126 Å². The van der Waals surface area contributed by atoms with Crippen molar-refractivity contribution in [1.82, 2.24) is 10.2 Å². The molecule has 0 amide bonds. The molecule has 4 unspecified atom stereocenters. The smallest absolute Gasteiger partial charge is 0.0596 e. The summed E-state index contributed by atoms with van der Waals surface area (Å²) in [5.41, 5.74) is 0. The van der Waals surface area contributed by atoms with E-state index in [1.54, 1.807) is 0 Å². The van der Waals surface area contributed by atoms with Crippen molar-refractivity contribution in [3.8, 4) is 0 Å². The van der Waals surface area contributed by atoms with E-state index in [9.17, 15) is 0 Å². The molecular formula is C17H36N2O. The second-order valence-electron chi connectivity index (χ2n) is 7.01. The van der Waals surface area contributed by atoms with Crippen LogP contribution in [0, 0.1) is 11.8 Å². The molecule has 1 N–H and O–H groups in total. The molecule has 0 aromatic heterocycles. The van der Waals surface area contributed by atoms with Gasteiger partial charge >= 0.3 is 0 Å². The van der Waals surface area contributed by atoms with Crippen LogP contribution in [0.4, 0.5) is 0 Å². The van der Waals surface area contributed by atoms with Crippen LogP contribution in [0.5, 0.6) is 0 Å². The van der Waals surface area contributed by atoms with Gasteiger partial charge in [0, 0.05) is 18.6 Å². The highest BCUT2D eigenvalue weighted by atomic mass is 16.5. The second kappa shape index (κ2) is 9.01. The fraction of sp³-hybridized carbons (Fsp3) is 1.00. The highest BCUT2D eigenvalue weighted by molar-refractivity contribution is 4.93.